The van der Waals surface area contributed by atoms with Crippen molar-refractivity contribution in [3.63, 3.8) is 0 Å². The Labute approximate surface area is 162 Å². The third-order valence-electron chi connectivity index (χ3n) is 4.43. The van der Waals surface area contributed by atoms with Gasteiger partial charge in [-0.15, -0.1) is 0 Å². The van der Waals surface area contributed by atoms with E-state index in [4.69, 9.17) is 11.5 Å². The van der Waals surface area contributed by atoms with Gasteiger partial charge in [0.1, 0.15) is 23.6 Å². The van der Waals surface area contributed by atoms with Gasteiger partial charge >= 0.3 is 0 Å². The Hall–Kier alpha value is -2.74. The Bertz CT molecular complexity index is 988. The maximum atomic E-state index is 11.5. The summed E-state index contributed by atoms with van der Waals surface area (Å²) in [4.78, 5) is 20.7. The van der Waals surface area contributed by atoms with E-state index in [1.54, 1.807) is 7.05 Å². The van der Waals surface area contributed by atoms with Gasteiger partial charge in [0.25, 0.3) is 5.24 Å². The number of nitrogen functional groups attached to an aromatic ring is 1. The standard InChI is InChI=1S/C19H24N6OS/c1-19(2,3)12-7-5-11(6-8-12)9-25-15(20)14(27-18(21)26)13-16(22-4)23-10-24-17(13)25/h5-8,10H,9,20H2,1-4H3,(H2,21,26)(H,22,23,24). The first kappa shape index (κ1) is 19.0. The minimum Gasteiger partial charge on any atom is -0.384 e. The molecule has 0 saturated carbocycles. The Kier molecular flexibility index (Phi) is 5.01. The molecule has 7 nitrogen and oxygen atoms in total. The number of thioether (sulfide) groups is 1. The van der Waals surface area contributed by atoms with Crippen LogP contribution in [0.5, 0.6) is 0 Å². The van der Waals surface area contributed by atoms with Crippen molar-refractivity contribution in [1.29, 1.82) is 0 Å². The second-order valence-electron chi connectivity index (χ2n) is 7.34. The fraction of sp³-hybridized carbons (Fsp3) is 0.316. The van der Waals surface area contributed by atoms with Crippen molar-refractivity contribution in [2.45, 2.75) is 37.6 Å². The Morgan fingerprint density at radius 1 is 1.22 bits per heavy atom. The summed E-state index contributed by atoms with van der Waals surface area (Å²) in [5, 5.41) is 3.20. The zero-order valence-electron chi connectivity index (χ0n) is 15.9. The summed E-state index contributed by atoms with van der Waals surface area (Å²) in [5.41, 5.74) is 14.9. The lowest BCUT2D eigenvalue weighted by molar-refractivity contribution is 0.267. The zero-order valence-corrected chi connectivity index (χ0v) is 16.7. The highest BCUT2D eigenvalue weighted by molar-refractivity contribution is 8.13. The predicted molar refractivity (Wildman–Crippen MR) is 111 cm³/mol. The number of rotatable bonds is 4. The average Bonchev–Trinajstić information content (AvgIpc) is 2.87. The van der Waals surface area contributed by atoms with E-state index in [-0.39, 0.29) is 5.41 Å². The molecule has 0 bridgehead atoms. The summed E-state index contributed by atoms with van der Waals surface area (Å²) < 4.78 is 1.88. The van der Waals surface area contributed by atoms with Crippen molar-refractivity contribution in [1.82, 2.24) is 14.5 Å². The smallest absolute Gasteiger partial charge is 0.281 e. The van der Waals surface area contributed by atoms with Crippen LogP contribution in [0.3, 0.4) is 0 Å². The van der Waals surface area contributed by atoms with Gasteiger partial charge in [0.2, 0.25) is 0 Å². The van der Waals surface area contributed by atoms with Gasteiger partial charge < -0.3 is 21.4 Å². The minimum absolute atomic E-state index is 0.0952. The lowest BCUT2D eigenvalue weighted by Crippen LogP contribution is -2.11. The molecule has 0 aliphatic rings. The molecule has 0 fully saturated rings. The van der Waals surface area contributed by atoms with Crippen LogP contribution in [0.25, 0.3) is 11.0 Å². The van der Waals surface area contributed by atoms with E-state index in [9.17, 15) is 4.79 Å². The number of hydrogen-bond acceptors (Lipinski definition) is 6. The third kappa shape index (κ3) is 3.71. The molecule has 0 saturated heterocycles. The van der Waals surface area contributed by atoms with Gasteiger partial charge in [0.05, 0.1) is 16.8 Å². The number of hydrogen-bond donors (Lipinski definition) is 3. The second-order valence-corrected chi connectivity index (χ2v) is 8.35. The maximum absolute atomic E-state index is 11.5. The first-order valence-electron chi connectivity index (χ1n) is 8.59. The van der Waals surface area contributed by atoms with Gasteiger partial charge in [-0.2, -0.15) is 0 Å². The SMILES string of the molecule is CNc1ncnc2c1c(SC(N)=O)c(N)n2Cc1ccc(C(C)(C)C)cc1. The summed E-state index contributed by atoms with van der Waals surface area (Å²) in [5.74, 6) is 1.06. The highest BCUT2D eigenvalue weighted by atomic mass is 32.2. The number of nitrogens with zero attached hydrogens (tertiary/aromatic N) is 3. The van der Waals surface area contributed by atoms with Crippen molar-refractivity contribution in [2.75, 3.05) is 18.1 Å². The number of nitrogens with one attached hydrogen (secondary N) is 1. The van der Waals surface area contributed by atoms with Crippen LogP contribution in [-0.4, -0.2) is 26.8 Å². The summed E-state index contributed by atoms with van der Waals surface area (Å²) in [6, 6.07) is 8.44. The zero-order chi connectivity index (χ0) is 19.8. The molecule has 0 radical (unpaired) electrons. The molecule has 8 heteroatoms. The fourth-order valence-corrected chi connectivity index (χ4v) is 3.71. The molecule has 0 atom stereocenters. The number of nitrogens with two attached hydrogens (primary N) is 2. The summed E-state index contributed by atoms with van der Waals surface area (Å²) >= 11 is 0.894. The van der Waals surface area contributed by atoms with Crippen LogP contribution in [0.1, 0.15) is 31.9 Å². The Balaban J connectivity index is 2.09. The average molecular weight is 385 g/mol. The van der Waals surface area contributed by atoms with E-state index < -0.39 is 5.24 Å². The Morgan fingerprint density at radius 2 is 1.89 bits per heavy atom. The van der Waals surface area contributed by atoms with Gasteiger partial charge in [-0.05, 0) is 28.3 Å². The highest BCUT2D eigenvalue weighted by Gasteiger charge is 2.22. The van der Waals surface area contributed by atoms with Crippen molar-refractivity contribution in [3.05, 3.63) is 41.7 Å². The molecule has 5 N–H and O–H groups in total. The third-order valence-corrected chi connectivity index (χ3v) is 5.25. The van der Waals surface area contributed by atoms with Crippen LogP contribution < -0.4 is 16.8 Å². The maximum Gasteiger partial charge on any atom is 0.281 e. The molecule has 0 aliphatic carbocycles. The molecule has 3 aromatic rings. The summed E-state index contributed by atoms with van der Waals surface area (Å²) in [7, 11) is 1.76. The molecular weight excluding hydrogens is 360 g/mol. The molecule has 2 aromatic heterocycles. The normalized spacial score (nSPS) is 11.7. The first-order chi connectivity index (χ1) is 12.7. The molecule has 1 amide bonds. The Morgan fingerprint density at radius 3 is 2.44 bits per heavy atom. The summed E-state index contributed by atoms with van der Waals surface area (Å²) in [6.45, 7) is 7.08. The predicted octanol–water partition coefficient (Wildman–Crippen LogP) is 3.57. The molecule has 0 aliphatic heterocycles. The molecule has 142 valence electrons. The number of carbonyl (C=O) groups excluding carboxylic acids is 1. The van der Waals surface area contributed by atoms with Gasteiger partial charge in [0, 0.05) is 7.05 Å². The monoisotopic (exact) mass is 384 g/mol. The number of carbonyl (C=O) groups is 1. The lowest BCUT2D eigenvalue weighted by atomic mass is 9.87. The quantitative estimate of drug-likeness (QED) is 0.593. The van der Waals surface area contributed by atoms with Gasteiger partial charge in [0.15, 0.2) is 0 Å². The minimum atomic E-state index is -0.527. The molecule has 0 spiro atoms. The first-order valence-corrected chi connectivity index (χ1v) is 9.41. The number of primary amides is 1. The fourth-order valence-electron chi connectivity index (χ4n) is 3.00. The molecule has 2 heterocycles. The van der Waals surface area contributed by atoms with Crippen molar-refractivity contribution >= 4 is 39.7 Å². The van der Waals surface area contributed by atoms with Crippen LogP contribution in [0, 0.1) is 0 Å². The van der Waals surface area contributed by atoms with Crippen LogP contribution in [0.2, 0.25) is 0 Å². The van der Waals surface area contributed by atoms with E-state index in [1.807, 2.05) is 4.57 Å². The van der Waals surface area contributed by atoms with E-state index in [0.29, 0.717) is 34.1 Å². The molecule has 27 heavy (non-hydrogen) atoms. The number of amides is 1. The molecule has 3 rings (SSSR count). The number of benzene rings is 1. The van der Waals surface area contributed by atoms with Crippen LogP contribution >= 0.6 is 11.8 Å². The van der Waals surface area contributed by atoms with E-state index >= 15 is 0 Å². The number of anilines is 2. The van der Waals surface area contributed by atoms with E-state index in [2.05, 4.69) is 60.3 Å². The van der Waals surface area contributed by atoms with Crippen molar-refractivity contribution in [2.24, 2.45) is 5.73 Å². The lowest BCUT2D eigenvalue weighted by Gasteiger charge is -2.19. The van der Waals surface area contributed by atoms with Gasteiger partial charge in [-0.25, -0.2) is 9.97 Å². The van der Waals surface area contributed by atoms with Gasteiger partial charge in [-0.3, -0.25) is 4.79 Å². The molecule has 1 aromatic carbocycles. The van der Waals surface area contributed by atoms with Gasteiger partial charge in [-0.1, -0.05) is 45.0 Å². The topological polar surface area (TPSA) is 112 Å². The van der Waals surface area contributed by atoms with Crippen LogP contribution in [0.15, 0.2) is 35.5 Å². The number of fused-ring (bicyclic) bond motifs is 1. The van der Waals surface area contributed by atoms with E-state index in [1.165, 1.54) is 11.9 Å². The molecular formula is C19H24N6OS. The molecule has 0 unspecified atom stereocenters. The van der Waals surface area contributed by atoms with Crippen LogP contribution in [-0.2, 0) is 12.0 Å². The second kappa shape index (κ2) is 7.11. The largest absolute Gasteiger partial charge is 0.384 e. The number of aromatic nitrogens is 3. The highest BCUT2D eigenvalue weighted by Crippen LogP contribution is 2.39. The van der Waals surface area contributed by atoms with Crippen molar-refractivity contribution < 1.29 is 4.79 Å². The summed E-state index contributed by atoms with van der Waals surface area (Å²) in [6.07, 6.45) is 1.48. The van der Waals surface area contributed by atoms with Crippen molar-refractivity contribution in [3.8, 4) is 0 Å². The van der Waals surface area contributed by atoms with E-state index in [0.717, 1.165) is 17.3 Å². The van der Waals surface area contributed by atoms with Crippen LogP contribution in [0.4, 0.5) is 16.4 Å².